The maximum atomic E-state index is 12.4. The highest BCUT2D eigenvalue weighted by molar-refractivity contribution is 5.97. The summed E-state index contributed by atoms with van der Waals surface area (Å²) in [7, 11) is 0. The lowest BCUT2D eigenvalue weighted by atomic mass is 9.74. The molecular weight excluding hydrogens is 294 g/mol. The van der Waals surface area contributed by atoms with Gasteiger partial charge in [-0.2, -0.15) is 0 Å². The van der Waals surface area contributed by atoms with Gasteiger partial charge in [-0.25, -0.2) is 0 Å². The van der Waals surface area contributed by atoms with E-state index < -0.39 is 11.4 Å². The van der Waals surface area contributed by atoms with Gasteiger partial charge in [-0.3, -0.25) is 9.59 Å². The lowest BCUT2D eigenvalue weighted by Crippen LogP contribution is -2.44. The summed E-state index contributed by atoms with van der Waals surface area (Å²) >= 11 is 0. The first-order chi connectivity index (χ1) is 11.1. The van der Waals surface area contributed by atoms with Crippen LogP contribution in [-0.4, -0.2) is 30.1 Å². The van der Waals surface area contributed by atoms with E-state index in [1.54, 1.807) is 30.3 Å². The summed E-state index contributed by atoms with van der Waals surface area (Å²) in [6, 6.07) is 6.92. The Morgan fingerprint density at radius 1 is 1.26 bits per heavy atom. The van der Waals surface area contributed by atoms with Crippen molar-refractivity contribution in [3.05, 3.63) is 42.5 Å². The molecule has 2 N–H and O–H groups in total. The second-order valence-corrected chi connectivity index (χ2v) is 5.92. The summed E-state index contributed by atoms with van der Waals surface area (Å²) in [5, 5.41) is 12.3. The Morgan fingerprint density at radius 2 is 1.96 bits per heavy atom. The Hall–Kier alpha value is -2.30. The fourth-order valence-corrected chi connectivity index (χ4v) is 2.97. The minimum atomic E-state index is -0.842. The van der Waals surface area contributed by atoms with Crippen molar-refractivity contribution in [3.63, 3.8) is 0 Å². The largest absolute Gasteiger partial charge is 0.489 e. The molecule has 23 heavy (non-hydrogen) atoms. The Labute approximate surface area is 136 Å². The van der Waals surface area contributed by atoms with Crippen LogP contribution >= 0.6 is 0 Å². The number of para-hydroxylation sites is 1. The predicted octanol–water partition coefficient (Wildman–Crippen LogP) is 3.02. The van der Waals surface area contributed by atoms with E-state index in [1.807, 2.05) is 0 Å². The van der Waals surface area contributed by atoms with Crippen LogP contribution in [0.25, 0.3) is 0 Å². The molecular formula is C18H23NO4. The van der Waals surface area contributed by atoms with Gasteiger partial charge < -0.3 is 15.2 Å². The van der Waals surface area contributed by atoms with Gasteiger partial charge in [0.25, 0.3) is 5.91 Å². The summed E-state index contributed by atoms with van der Waals surface area (Å²) in [5.74, 6) is -0.664. The molecule has 0 aromatic heterocycles. The number of carboxylic acid groups (broad SMARTS) is 1. The molecule has 0 radical (unpaired) electrons. The molecule has 0 saturated heterocycles. The Bertz CT molecular complexity index is 576. The topological polar surface area (TPSA) is 75.6 Å². The van der Waals surface area contributed by atoms with E-state index in [-0.39, 0.29) is 12.5 Å². The molecule has 1 aromatic rings. The molecule has 0 aliphatic heterocycles. The van der Waals surface area contributed by atoms with Crippen LogP contribution in [0.5, 0.6) is 5.75 Å². The molecule has 0 heterocycles. The number of rotatable bonds is 7. The van der Waals surface area contributed by atoms with Crippen LogP contribution in [0.15, 0.2) is 36.9 Å². The van der Waals surface area contributed by atoms with E-state index in [2.05, 4.69) is 11.9 Å². The van der Waals surface area contributed by atoms with Crippen molar-refractivity contribution in [1.82, 2.24) is 5.32 Å². The first-order valence-corrected chi connectivity index (χ1v) is 7.93. The van der Waals surface area contributed by atoms with Crippen LogP contribution in [0.1, 0.15) is 42.5 Å². The third-order valence-electron chi connectivity index (χ3n) is 4.34. The van der Waals surface area contributed by atoms with Crippen molar-refractivity contribution in [2.45, 2.75) is 32.1 Å². The normalized spacial score (nSPS) is 16.3. The van der Waals surface area contributed by atoms with Crippen LogP contribution in [0.4, 0.5) is 0 Å². The monoisotopic (exact) mass is 317 g/mol. The maximum Gasteiger partial charge on any atom is 0.311 e. The first kappa shape index (κ1) is 17.1. The van der Waals surface area contributed by atoms with Crippen LogP contribution in [-0.2, 0) is 4.79 Å². The first-order valence-electron chi connectivity index (χ1n) is 7.93. The highest BCUT2D eigenvalue weighted by atomic mass is 16.5. The van der Waals surface area contributed by atoms with Crippen molar-refractivity contribution in [2.24, 2.45) is 5.41 Å². The summed E-state index contributed by atoms with van der Waals surface area (Å²) in [6.45, 7) is 4.04. The van der Waals surface area contributed by atoms with E-state index in [9.17, 15) is 14.7 Å². The van der Waals surface area contributed by atoms with Gasteiger partial charge in [-0.1, -0.05) is 44.1 Å². The van der Waals surface area contributed by atoms with Crippen molar-refractivity contribution >= 4 is 11.9 Å². The minimum absolute atomic E-state index is 0.150. The SMILES string of the molecule is C=CCOc1ccccc1C(=O)NCC1(C(=O)O)CCCCC1. The van der Waals surface area contributed by atoms with Crippen LogP contribution < -0.4 is 10.1 Å². The van der Waals surface area contributed by atoms with Crippen molar-refractivity contribution in [3.8, 4) is 5.75 Å². The summed E-state index contributed by atoms with van der Waals surface area (Å²) < 4.78 is 5.48. The van der Waals surface area contributed by atoms with Gasteiger partial charge in [0.2, 0.25) is 0 Å². The summed E-state index contributed by atoms with van der Waals surface area (Å²) in [6.07, 6.45) is 5.66. The van der Waals surface area contributed by atoms with E-state index in [1.165, 1.54) is 0 Å². The van der Waals surface area contributed by atoms with Gasteiger partial charge in [0.05, 0.1) is 11.0 Å². The standard InChI is InChI=1S/C18H23NO4/c1-2-12-23-15-9-5-4-8-14(15)16(20)19-13-18(17(21)22)10-6-3-7-11-18/h2,4-5,8-9H,1,3,6-7,10-13H2,(H,19,20)(H,21,22). The molecule has 1 amide bonds. The van der Waals surface area contributed by atoms with E-state index in [0.29, 0.717) is 30.8 Å². The van der Waals surface area contributed by atoms with Crippen molar-refractivity contribution in [1.29, 1.82) is 0 Å². The van der Waals surface area contributed by atoms with E-state index in [0.717, 1.165) is 19.3 Å². The lowest BCUT2D eigenvalue weighted by Gasteiger charge is -2.33. The number of nitrogens with one attached hydrogen (secondary N) is 1. The second kappa shape index (κ2) is 7.81. The van der Waals surface area contributed by atoms with E-state index in [4.69, 9.17) is 4.74 Å². The Morgan fingerprint density at radius 3 is 2.61 bits per heavy atom. The van der Waals surface area contributed by atoms with Gasteiger partial charge in [0.15, 0.2) is 0 Å². The van der Waals surface area contributed by atoms with Crippen molar-refractivity contribution in [2.75, 3.05) is 13.2 Å². The van der Waals surface area contributed by atoms with Gasteiger partial charge in [0, 0.05) is 6.54 Å². The smallest absolute Gasteiger partial charge is 0.311 e. The molecule has 5 nitrogen and oxygen atoms in total. The molecule has 1 aliphatic rings. The second-order valence-electron chi connectivity index (χ2n) is 5.92. The number of carbonyl (C=O) groups excluding carboxylic acids is 1. The van der Waals surface area contributed by atoms with Gasteiger partial charge in [-0.05, 0) is 25.0 Å². The molecule has 1 aliphatic carbocycles. The number of amides is 1. The number of benzene rings is 1. The van der Waals surface area contributed by atoms with Crippen LogP contribution in [0.3, 0.4) is 0 Å². The zero-order valence-corrected chi connectivity index (χ0v) is 13.2. The highest BCUT2D eigenvalue weighted by Gasteiger charge is 2.39. The summed E-state index contributed by atoms with van der Waals surface area (Å²) in [4.78, 5) is 24.1. The van der Waals surface area contributed by atoms with Crippen LogP contribution in [0, 0.1) is 5.41 Å². The average molecular weight is 317 g/mol. The molecule has 0 bridgehead atoms. The quantitative estimate of drug-likeness (QED) is 0.758. The number of ether oxygens (including phenoxy) is 1. The zero-order chi connectivity index (χ0) is 16.7. The van der Waals surface area contributed by atoms with Gasteiger partial charge >= 0.3 is 5.97 Å². The van der Waals surface area contributed by atoms with Gasteiger partial charge in [-0.15, -0.1) is 0 Å². The molecule has 124 valence electrons. The Balaban J connectivity index is 2.06. The zero-order valence-electron chi connectivity index (χ0n) is 13.2. The molecule has 0 unspecified atom stereocenters. The fourth-order valence-electron chi connectivity index (χ4n) is 2.97. The average Bonchev–Trinajstić information content (AvgIpc) is 2.58. The number of hydrogen-bond donors (Lipinski definition) is 2. The number of aliphatic carboxylic acids is 1. The summed E-state index contributed by atoms with van der Waals surface area (Å²) in [5.41, 5.74) is -0.434. The minimum Gasteiger partial charge on any atom is -0.489 e. The molecule has 0 spiro atoms. The third-order valence-corrected chi connectivity index (χ3v) is 4.34. The molecule has 1 saturated carbocycles. The number of hydrogen-bond acceptors (Lipinski definition) is 3. The van der Waals surface area contributed by atoms with Gasteiger partial charge in [0.1, 0.15) is 12.4 Å². The lowest BCUT2D eigenvalue weighted by molar-refractivity contribution is -0.150. The molecule has 1 aromatic carbocycles. The fraction of sp³-hybridized carbons (Fsp3) is 0.444. The molecule has 0 atom stereocenters. The molecule has 2 rings (SSSR count). The third kappa shape index (κ3) is 4.12. The maximum absolute atomic E-state index is 12.4. The predicted molar refractivity (Wildman–Crippen MR) is 87.6 cm³/mol. The van der Waals surface area contributed by atoms with E-state index >= 15 is 0 Å². The Kier molecular flexibility index (Phi) is 5.79. The van der Waals surface area contributed by atoms with Crippen molar-refractivity contribution < 1.29 is 19.4 Å². The number of carboxylic acids is 1. The highest BCUT2D eigenvalue weighted by Crippen LogP contribution is 2.36. The van der Waals surface area contributed by atoms with Crippen LogP contribution in [0.2, 0.25) is 0 Å². The molecule has 5 heteroatoms. The number of carbonyl (C=O) groups is 2. The molecule has 1 fully saturated rings.